The second kappa shape index (κ2) is 6.93. The number of aromatic nitrogens is 4. The fourth-order valence-electron chi connectivity index (χ4n) is 3.22. The summed E-state index contributed by atoms with van der Waals surface area (Å²) in [5, 5.41) is 6.38. The number of rotatable bonds is 5. The lowest BCUT2D eigenvalue weighted by Crippen LogP contribution is -2.40. The van der Waals surface area contributed by atoms with Crippen LogP contribution in [0, 0.1) is 0 Å². The van der Waals surface area contributed by atoms with Crippen molar-refractivity contribution < 1.29 is 0 Å². The summed E-state index contributed by atoms with van der Waals surface area (Å²) in [5.74, 6) is 0.594. The number of nitrogens with zero attached hydrogens (tertiary/aromatic N) is 6. The molecule has 3 rings (SSSR count). The van der Waals surface area contributed by atoms with Crippen LogP contribution in [-0.2, 0) is 13.6 Å². The molecule has 0 aromatic carbocycles. The van der Waals surface area contributed by atoms with E-state index in [1.54, 1.807) is 12.1 Å². The quantitative estimate of drug-likeness (QED) is 0.766. The maximum Gasteiger partial charge on any atom is 0.332 e. The standard InChI is InChI=1S/C18H26N6O2/c1-6-8-10-22-16(25)14-15(21(5)18(22)26)19-17-23(11-9-7-2)20-12(3)13(4)24(14)17/h7,9,13H,6,8,10-11H2,1-5H3. The molecule has 8 heteroatoms. The van der Waals surface area contributed by atoms with E-state index < -0.39 is 0 Å². The minimum atomic E-state index is -0.323. The van der Waals surface area contributed by atoms with Crippen molar-refractivity contribution in [1.82, 2.24) is 18.7 Å². The Labute approximate surface area is 152 Å². The van der Waals surface area contributed by atoms with Crippen molar-refractivity contribution >= 4 is 22.8 Å². The van der Waals surface area contributed by atoms with Gasteiger partial charge in [0, 0.05) is 13.6 Å². The molecule has 0 radical (unpaired) electrons. The zero-order valence-electron chi connectivity index (χ0n) is 16.1. The molecule has 1 atom stereocenters. The van der Waals surface area contributed by atoms with Crippen molar-refractivity contribution in [2.45, 2.75) is 53.1 Å². The topological polar surface area (TPSA) is 77.4 Å². The summed E-state index contributed by atoms with van der Waals surface area (Å²) in [4.78, 5) is 30.4. The molecule has 2 aromatic heterocycles. The van der Waals surface area contributed by atoms with Crippen LogP contribution in [-0.4, -0.2) is 30.9 Å². The second-order valence-electron chi connectivity index (χ2n) is 6.67. The monoisotopic (exact) mass is 358 g/mol. The SMILES string of the molecule is CC=CCN1N=C(C)C(C)n2c1nc1c2c(=O)n(CCCC)c(=O)n1C. The molecule has 2 aromatic rings. The Morgan fingerprint density at radius 1 is 1.27 bits per heavy atom. The number of hydrogen-bond acceptors (Lipinski definition) is 5. The largest absolute Gasteiger partial charge is 0.332 e. The first-order chi connectivity index (χ1) is 12.4. The van der Waals surface area contributed by atoms with Crippen LogP contribution in [0.2, 0.25) is 0 Å². The smallest absolute Gasteiger partial charge is 0.294 e. The molecule has 0 saturated heterocycles. The zero-order chi connectivity index (χ0) is 19.0. The van der Waals surface area contributed by atoms with Gasteiger partial charge in [0.05, 0.1) is 18.3 Å². The van der Waals surface area contributed by atoms with Crippen molar-refractivity contribution in [3.8, 4) is 0 Å². The van der Waals surface area contributed by atoms with E-state index in [-0.39, 0.29) is 17.3 Å². The Morgan fingerprint density at radius 2 is 2.00 bits per heavy atom. The van der Waals surface area contributed by atoms with Crippen LogP contribution in [0.25, 0.3) is 11.2 Å². The van der Waals surface area contributed by atoms with Gasteiger partial charge < -0.3 is 0 Å². The lowest BCUT2D eigenvalue weighted by Gasteiger charge is -2.28. The molecule has 0 N–H and O–H groups in total. The highest BCUT2D eigenvalue weighted by Gasteiger charge is 2.30. The molecule has 3 heterocycles. The molecule has 0 bridgehead atoms. The third kappa shape index (κ3) is 2.69. The summed E-state index contributed by atoms with van der Waals surface area (Å²) in [6.07, 6.45) is 5.63. The van der Waals surface area contributed by atoms with Crippen LogP contribution in [0.3, 0.4) is 0 Å². The van der Waals surface area contributed by atoms with Gasteiger partial charge in [-0.2, -0.15) is 10.1 Å². The fraction of sp³-hybridized carbons (Fsp3) is 0.556. The fourth-order valence-corrected chi connectivity index (χ4v) is 3.22. The predicted molar refractivity (Wildman–Crippen MR) is 104 cm³/mol. The number of imidazole rings is 1. The highest BCUT2D eigenvalue weighted by molar-refractivity contribution is 5.91. The van der Waals surface area contributed by atoms with Crippen LogP contribution < -0.4 is 16.3 Å². The predicted octanol–water partition coefficient (Wildman–Crippen LogP) is 2.03. The Morgan fingerprint density at radius 3 is 2.65 bits per heavy atom. The first kappa shape index (κ1) is 18.2. The van der Waals surface area contributed by atoms with Crippen molar-refractivity contribution in [1.29, 1.82) is 0 Å². The average Bonchev–Trinajstić information content (AvgIpc) is 3.03. The van der Waals surface area contributed by atoms with E-state index in [1.165, 1.54) is 9.13 Å². The van der Waals surface area contributed by atoms with Gasteiger partial charge in [-0.1, -0.05) is 25.5 Å². The van der Waals surface area contributed by atoms with Gasteiger partial charge in [0.1, 0.15) is 0 Å². The molecule has 0 saturated carbocycles. The maximum absolute atomic E-state index is 13.1. The number of anilines is 1. The molecule has 1 unspecified atom stereocenters. The van der Waals surface area contributed by atoms with Gasteiger partial charge in [0.25, 0.3) is 5.56 Å². The van der Waals surface area contributed by atoms with Crippen molar-refractivity contribution in [2.75, 3.05) is 11.6 Å². The van der Waals surface area contributed by atoms with E-state index in [1.807, 2.05) is 44.4 Å². The number of hydrogen-bond donors (Lipinski definition) is 0. The van der Waals surface area contributed by atoms with Crippen LogP contribution in [0.5, 0.6) is 0 Å². The highest BCUT2D eigenvalue weighted by Crippen LogP contribution is 2.29. The van der Waals surface area contributed by atoms with Gasteiger partial charge in [0.15, 0.2) is 11.2 Å². The van der Waals surface area contributed by atoms with Gasteiger partial charge in [-0.3, -0.25) is 18.5 Å². The summed E-state index contributed by atoms with van der Waals surface area (Å²) >= 11 is 0. The van der Waals surface area contributed by atoms with E-state index in [9.17, 15) is 9.59 Å². The molecule has 140 valence electrons. The van der Waals surface area contributed by atoms with Crippen molar-refractivity contribution in [3.05, 3.63) is 33.0 Å². The summed E-state index contributed by atoms with van der Waals surface area (Å²) in [7, 11) is 1.67. The Hall–Kier alpha value is -2.64. The third-order valence-corrected chi connectivity index (χ3v) is 4.91. The third-order valence-electron chi connectivity index (χ3n) is 4.91. The summed E-state index contributed by atoms with van der Waals surface area (Å²) < 4.78 is 4.70. The van der Waals surface area contributed by atoms with Crippen LogP contribution >= 0.6 is 0 Å². The minimum absolute atomic E-state index is 0.0957. The molecular formula is C18H26N6O2. The first-order valence-electron chi connectivity index (χ1n) is 9.07. The highest BCUT2D eigenvalue weighted by atomic mass is 16.2. The van der Waals surface area contributed by atoms with E-state index in [2.05, 4.69) is 10.1 Å². The first-order valence-corrected chi connectivity index (χ1v) is 9.07. The molecule has 1 aliphatic heterocycles. The Bertz CT molecular complexity index is 1010. The van der Waals surface area contributed by atoms with Gasteiger partial charge in [0.2, 0.25) is 5.95 Å². The van der Waals surface area contributed by atoms with Gasteiger partial charge in [-0.05, 0) is 27.2 Å². The molecule has 0 amide bonds. The number of fused-ring (bicyclic) bond motifs is 3. The van der Waals surface area contributed by atoms with Gasteiger partial charge in [-0.25, -0.2) is 9.80 Å². The van der Waals surface area contributed by atoms with Crippen LogP contribution in [0.15, 0.2) is 26.8 Å². The minimum Gasteiger partial charge on any atom is -0.294 e. The number of allylic oxidation sites excluding steroid dienone is 1. The average molecular weight is 358 g/mol. The number of hydrazone groups is 1. The molecular weight excluding hydrogens is 332 g/mol. The molecule has 0 aliphatic carbocycles. The normalized spacial score (nSPS) is 17.2. The lowest BCUT2D eigenvalue weighted by atomic mass is 10.2. The molecule has 0 fully saturated rings. The Kier molecular flexibility index (Phi) is 4.84. The molecule has 26 heavy (non-hydrogen) atoms. The van der Waals surface area contributed by atoms with E-state index in [0.717, 1.165) is 18.6 Å². The number of aryl methyl sites for hydroxylation is 1. The molecule has 8 nitrogen and oxygen atoms in total. The molecule has 0 spiro atoms. The van der Waals surface area contributed by atoms with E-state index in [4.69, 9.17) is 0 Å². The summed E-state index contributed by atoms with van der Waals surface area (Å²) in [5.41, 5.74) is 1.17. The summed E-state index contributed by atoms with van der Waals surface area (Å²) in [6.45, 7) is 8.90. The lowest BCUT2D eigenvalue weighted by molar-refractivity contribution is 0.563. The number of unbranched alkanes of at least 4 members (excludes halogenated alkanes) is 1. The van der Waals surface area contributed by atoms with Crippen LogP contribution in [0.4, 0.5) is 5.95 Å². The van der Waals surface area contributed by atoms with E-state index in [0.29, 0.717) is 30.2 Å². The van der Waals surface area contributed by atoms with Crippen molar-refractivity contribution in [3.63, 3.8) is 0 Å². The zero-order valence-corrected chi connectivity index (χ0v) is 16.1. The second-order valence-corrected chi connectivity index (χ2v) is 6.67. The van der Waals surface area contributed by atoms with E-state index >= 15 is 0 Å². The van der Waals surface area contributed by atoms with Crippen LogP contribution in [0.1, 0.15) is 46.6 Å². The van der Waals surface area contributed by atoms with Gasteiger partial charge >= 0.3 is 5.69 Å². The Balaban J connectivity index is 2.32. The van der Waals surface area contributed by atoms with Gasteiger partial charge in [-0.15, -0.1) is 0 Å². The molecule has 1 aliphatic rings. The summed E-state index contributed by atoms with van der Waals surface area (Å²) in [6, 6.07) is -0.0957. The van der Waals surface area contributed by atoms with Crippen molar-refractivity contribution in [2.24, 2.45) is 12.1 Å². The maximum atomic E-state index is 13.1.